The maximum absolute atomic E-state index is 12.0. The molecule has 1 aliphatic rings. The van der Waals surface area contributed by atoms with Crippen molar-refractivity contribution in [2.24, 2.45) is 5.92 Å². The maximum atomic E-state index is 12.0. The molecule has 0 unspecified atom stereocenters. The fourth-order valence-corrected chi connectivity index (χ4v) is 2.65. The zero-order valence-corrected chi connectivity index (χ0v) is 11.5. The van der Waals surface area contributed by atoms with Gasteiger partial charge in [-0.2, -0.15) is 5.10 Å². The third-order valence-electron chi connectivity index (χ3n) is 3.83. The van der Waals surface area contributed by atoms with Crippen molar-refractivity contribution in [2.45, 2.75) is 19.4 Å². The lowest BCUT2D eigenvalue weighted by molar-refractivity contribution is 0.315. The molecule has 2 aromatic rings. The van der Waals surface area contributed by atoms with Crippen LogP contribution in [0.3, 0.4) is 0 Å². The zero-order chi connectivity index (χ0) is 13.8. The van der Waals surface area contributed by atoms with E-state index in [0.717, 1.165) is 43.7 Å². The zero-order valence-electron chi connectivity index (χ0n) is 11.5. The van der Waals surface area contributed by atoms with E-state index in [1.54, 1.807) is 16.8 Å². The summed E-state index contributed by atoms with van der Waals surface area (Å²) >= 11 is 0. The molecule has 20 heavy (non-hydrogen) atoms. The number of nitrogens with zero attached hydrogens (tertiary/aromatic N) is 2. The van der Waals surface area contributed by atoms with Crippen LogP contribution in [0.5, 0.6) is 0 Å². The van der Waals surface area contributed by atoms with Crippen LogP contribution in [-0.4, -0.2) is 22.9 Å². The standard InChI is InChI=1S/C16H19N3O/c20-16-7-6-15(14-4-2-1-3-5-14)18-19(16)12-13-8-10-17-11-9-13/h1-7,13,17H,8-12H2. The molecule has 1 fully saturated rings. The summed E-state index contributed by atoms with van der Waals surface area (Å²) in [6.07, 6.45) is 2.23. The second-order valence-corrected chi connectivity index (χ2v) is 5.30. The first kappa shape index (κ1) is 13.1. The van der Waals surface area contributed by atoms with Crippen molar-refractivity contribution in [3.63, 3.8) is 0 Å². The van der Waals surface area contributed by atoms with E-state index in [-0.39, 0.29) is 5.56 Å². The Morgan fingerprint density at radius 3 is 2.60 bits per heavy atom. The monoisotopic (exact) mass is 269 g/mol. The number of hydrogen-bond acceptors (Lipinski definition) is 3. The average Bonchev–Trinajstić information content (AvgIpc) is 2.51. The van der Waals surface area contributed by atoms with E-state index in [0.29, 0.717) is 5.92 Å². The number of aromatic nitrogens is 2. The second-order valence-electron chi connectivity index (χ2n) is 5.30. The van der Waals surface area contributed by atoms with Crippen molar-refractivity contribution in [2.75, 3.05) is 13.1 Å². The Hall–Kier alpha value is -1.94. The molecule has 0 atom stereocenters. The number of nitrogens with one attached hydrogen (secondary N) is 1. The van der Waals surface area contributed by atoms with Crippen LogP contribution in [0.1, 0.15) is 12.8 Å². The Balaban J connectivity index is 1.85. The summed E-state index contributed by atoms with van der Waals surface area (Å²) in [5.74, 6) is 0.549. The molecule has 1 saturated heterocycles. The van der Waals surface area contributed by atoms with E-state index in [1.165, 1.54) is 0 Å². The van der Waals surface area contributed by atoms with Crippen LogP contribution in [0.2, 0.25) is 0 Å². The Morgan fingerprint density at radius 2 is 1.85 bits per heavy atom. The Morgan fingerprint density at radius 1 is 1.10 bits per heavy atom. The molecule has 0 aliphatic carbocycles. The third kappa shape index (κ3) is 2.96. The van der Waals surface area contributed by atoms with Crippen molar-refractivity contribution in [1.29, 1.82) is 0 Å². The van der Waals surface area contributed by atoms with Gasteiger partial charge in [0, 0.05) is 18.2 Å². The summed E-state index contributed by atoms with van der Waals surface area (Å²) in [5, 5.41) is 7.86. The lowest BCUT2D eigenvalue weighted by Gasteiger charge is -2.22. The van der Waals surface area contributed by atoms with E-state index in [1.807, 2.05) is 30.3 Å². The maximum Gasteiger partial charge on any atom is 0.266 e. The van der Waals surface area contributed by atoms with Crippen molar-refractivity contribution in [3.05, 3.63) is 52.8 Å². The first-order valence-corrected chi connectivity index (χ1v) is 7.17. The van der Waals surface area contributed by atoms with Gasteiger partial charge in [0.25, 0.3) is 5.56 Å². The molecule has 0 saturated carbocycles. The molecule has 0 amide bonds. The molecule has 1 aromatic heterocycles. The van der Waals surface area contributed by atoms with Crippen molar-refractivity contribution in [3.8, 4) is 11.3 Å². The van der Waals surface area contributed by atoms with Crippen LogP contribution in [-0.2, 0) is 6.54 Å². The van der Waals surface area contributed by atoms with Gasteiger partial charge in [0.1, 0.15) is 0 Å². The molecule has 0 bridgehead atoms. The fourth-order valence-electron chi connectivity index (χ4n) is 2.65. The number of benzene rings is 1. The molecular weight excluding hydrogens is 250 g/mol. The minimum absolute atomic E-state index is 0.0109. The minimum atomic E-state index is -0.0109. The summed E-state index contributed by atoms with van der Waals surface area (Å²) in [5.41, 5.74) is 1.90. The van der Waals surface area contributed by atoms with Crippen LogP contribution in [0, 0.1) is 5.92 Å². The lowest BCUT2D eigenvalue weighted by atomic mass is 9.98. The van der Waals surface area contributed by atoms with Crippen molar-refractivity contribution >= 4 is 0 Å². The molecule has 0 spiro atoms. The van der Waals surface area contributed by atoms with E-state index in [2.05, 4.69) is 10.4 Å². The van der Waals surface area contributed by atoms with Crippen LogP contribution in [0.25, 0.3) is 11.3 Å². The summed E-state index contributed by atoms with van der Waals surface area (Å²) in [6, 6.07) is 13.4. The SMILES string of the molecule is O=c1ccc(-c2ccccc2)nn1CC1CCNCC1. The van der Waals surface area contributed by atoms with E-state index < -0.39 is 0 Å². The first-order valence-electron chi connectivity index (χ1n) is 7.17. The van der Waals surface area contributed by atoms with Gasteiger partial charge in [-0.25, -0.2) is 4.68 Å². The van der Waals surface area contributed by atoms with E-state index in [9.17, 15) is 4.79 Å². The van der Waals surface area contributed by atoms with Gasteiger partial charge in [0.2, 0.25) is 0 Å². The highest BCUT2D eigenvalue weighted by Crippen LogP contribution is 2.16. The first-order chi connectivity index (χ1) is 9.83. The molecule has 4 nitrogen and oxygen atoms in total. The van der Waals surface area contributed by atoms with E-state index in [4.69, 9.17) is 0 Å². The number of hydrogen-bond donors (Lipinski definition) is 1. The third-order valence-corrected chi connectivity index (χ3v) is 3.83. The highest BCUT2D eigenvalue weighted by molar-refractivity contribution is 5.57. The summed E-state index contributed by atoms with van der Waals surface area (Å²) < 4.78 is 1.62. The largest absolute Gasteiger partial charge is 0.317 e. The van der Waals surface area contributed by atoms with Gasteiger partial charge in [-0.15, -0.1) is 0 Å². The highest BCUT2D eigenvalue weighted by Gasteiger charge is 2.15. The van der Waals surface area contributed by atoms with Crippen LogP contribution in [0.15, 0.2) is 47.3 Å². The van der Waals surface area contributed by atoms with Crippen LogP contribution >= 0.6 is 0 Å². The Kier molecular flexibility index (Phi) is 3.92. The van der Waals surface area contributed by atoms with Gasteiger partial charge in [-0.1, -0.05) is 30.3 Å². The van der Waals surface area contributed by atoms with Gasteiger partial charge in [-0.3, -0.25) is 4.79 Å². The van der Waals surface area contributed by atoms with Crippen molar-refractivity contribution < 1.29 is 0 Å². The lowest BCUT2D eigenvalue weighted by Crippen LogP contribution is -2.33. The molecule has 1 aromatic carbocycles. The molecule has 1 N–H and O–H groups in total. The predicted octanol–water partition coefficient (Wildman–Crippen LogP) is 1.91. The number of rotatable bonds is 3. The predicted molar refractivity (Wildman–Crippen MR) is 79.5 cm³/mol. The Bertz CT molecular complexity index is 615. The molecule has 4 heteroatoms. The summed E-state index contributed by atoms with van der Waals surface area (Å²) in [6.45, 7) is 2.80. The van der Waals surface area contributed by atoms with Crippen LogP contribution < -0.4 is 10.9 Å². The Labute approximate surface area is 118 Å². The smallest absolute Gasteiger partial charge is 0.266 e. The molecule has 1 aliphatic heterocycles. The highest BCUT2D eigenvalue weighted by atomic mass is 16.1. The fraction of sp³-hybridized carbons (Fsp3) is 0.375. The van der Waals surface area contributed by atoms with Crippen molar-refractivity contribution in [1.82, 2.24) is 15.1 Å². The second kappa shape index (κ2) is 6.01. The summed E-state index contributed by atoms with van der Waals surface area (Å²) in [4.78, 5) is 12.0. The molecule has 2 heterocycles. The normalized spacial score (nSPS) is 16.2. The van der Waals surface area contributed by atoms with Crippen LogP contribution in [0.4, 0.5) is 0 Å². The topological polar surface area (TPSA) is 46.9 Å². The van der Waals surface area contributed by atoms with Gasteiger partial charge in [-0.05, 0) is 37.9 Å². The molecule has 3 rings (SSSR count). The van der Waals surface area contributed by atoms with Gasteiger partial charge in [0.05, 0.1) is 5.69 Å². The quantitative estimate of drug-likeness (QED) is 0.926. The molecular formula is C16H19N3O. The van der Waals surface area contributed by atoms with Gasteiger partial charge in [0.15, 0.2) is 0 Å². The molecule has 0 radical (unpaired) electrons. The number of piperidine rings is 1. The van der Waals surface area contributed by atoms with E-state index >= 15 is 0 Å². The molecule has 104 valence electrons. The van der Waals surface area contributed by atoms with Gasteiger partial charge >= 0.3 is 0 Å². The minimum Gasteiger partial charge on any atom is -0.317 e. The summed E-state index contributed by atoms with van der Waals surface area (Å²) in [7, 11) is 0. The average molecular weight is 269 g/mol. The van der Waals surface area contributed by atoms with Gasteiger partial charge < -0.3 is 5.32 Å².